The van der Waals surface area contributed by atoms with Crippen LogP contribution in [0.25, 0.3) is 10.6 Å². The molecule has 16 heavy (non-hydrogen) atoms. The van der Waals surface area contributed by atoms with Gasteiger partial charge in [0.15, 0.2) is 8.02 Å². The smallest absolute Gasteiger partial charge is 0.178 e. The zero-order chi connectivity index (χ0) is 11.5. The van der Waals surface area contributed by atoms with Crippen molar-refractivity contribution in [2.24, 2.45) is 0 Å². The fraction of sp³-hybridized carbons (Fsp3) is 0.200. The number of benzene rings is 1. The highest BCUT2D eigenvalue weighted by Crippen LogP contribution is 2.39. The summed E-state index contributed by atoms with van der Waals surface area (Å²) in [4.78, 5) is 0. The summed E-state index contributed by atoms with van der Waals surface area (Å²) in [5.41, 5.74) is 0.855. The van der Waals surface area contributed by atoms with Gasteiger partial charge in [0, 0.05) is 0 Å². The molecule has 0 N–H and O–H groups in total. The molecule has 0 radical (unpaired) electrons. The Hall–Kier alpha value is -0.890. The van der Waals surface area contributed by atoms with E-state index in [9.17, 15) is 0 Å². The molecule has 0 amide bonds. The lowest BCUT2D eigenvalue weighted by atomic mass is 10.2. The zero-order valence-corrected chi connectivity index (χ0v) is 11.7. The molecule has 0 saturated carbocycles. The topological polar surface area (TPSA) is 44.2 Å². The van der Waals surface area contributed by atoms with Crippen LogP contribution in [0.1, 0.15) is 0 Å². The maximum atomic E-state index is 5.31. The van der Waals surface area contributed by atoms with Crippen molar-refractivity contribution in [3.8, 4) is 22.1 Å². The van der Waals surface area contributed by atoms with Crippen molar-refractivity contribution in [1.82, 2.24) is 10.2 Å². The summed E-state index contributed by atoms with van der Waals surface area (Å²) in [5.74, 6) is 1.49. The summed E-state index contributed by atoms with van der Waals surface area (Å²) < 4.78 is 11.5. The van der Waals surface area contributed by atoms with Crippen molar-refractivity contribution in [1.29, 1.82) is 0 Å². The molecule has 0 aliphatic carbocycles. The molecule has 0 spiro atoms. The molecule has 2 rings (SSSR count). The highest BCUT2D eigenvalue weighted by atomic mass is 127. The van der Waals surface area contributed by atoms with Crippen LogP contribution in [0.15, 0.2) is 18.2 Å². The monoisotopic (exact) mass is 348 g/mol. The number of rotatable bonds is 3. The van der Waals surface area contributed by atoms with Crippen molar-refractivity contribution in [2.45, 2.75) is 0 Å². The lowest BCUT2D eigenvalue weighted by Gasteiger charge is -2.09. The van der Waals surface area contributed by atoms with Gasteiger partial charge in [0.2, 0.25) is 0 Å². The Balaban J connectivity index is 2.60. The molecule has 0 fully saturated rings. The van der Waals surface area contributed by atoms with Crippen LogP contribution in [0.5, 0.6) is 11.5 Å². The van der Waals surface area contributed by atoms with E-state index < -0.39 is 0 Å². The average Bonchev–Trinajstić information content (AvgIpc) is 2.74. The van der Waals surface area contributed by atoms with Gasteiger partial charge in [0.05, 0.1) is 19.8 Å². The molecule has 0 aliphatic heterocycles. The number of methoxy groups -OCH3 is 2. The summed E-state index contributed by atoms with van der Waals surface area (Å²) in [6.07, 6.45) is 0. The van der Waals surface area contributed by atoms with E-state index >= 15 is 0 Å². The third kappa shape index (κ3) is 2.12. The van der Waals surface area contributed by atoms with Crippen LogP contribution in [0.3, 0.4) is 0 Å². The number of aromatic nitrogens is 2. The van der Waals surface area contributed by atoms with Crippen LogP contribution in [0.4, 0.5) is 0 Å². The van der Waals surface area contributed by atoms with Crippen LogP contribution < -0.4 is 9.47 Å². The molecule has 0 atom stereocenters. The molecule has 1 heterocycles. The van der Waals surface area contributed by atoms with Gasteiger partial charge in [-0.1, -0.05) is 17.4 Å². The first kappa shape index (κ1) is 11.6. The Morgan fingerprint density at radius 2 is 1.75 bits per heavy atom. The molecular weight excluding hydrogens is 339 g/mol. The number of hydrogen-bond donors (Lipinski definition) is 0. The van der Waals surface area contributed by atoms with Crippen LogP contribution >= 0.6 is 33.9 Å². The second-order valence-electron chi connectivity index (χ2n) is 2.90. The minimum absolute atomic E-state index is 0.742. The summed E-state index contributed by atoms with van der Waals surface area (Å²) in [7, 11) is 3.26. The number of halogens is 1. The second-order valence-corrected chi connectivity index (χ2v) is 5.63. The Kier molecular flexibility index (Phi) is 3.59. The molecule has 0 aliphatic rings. The SMILES string of the molecule is COc1cccc(OC)c1-c1nnc(I)s1. The average molecular weight is 348 g/mol. The van der Waals surface area contributed by atoms with Gasteiger partial charge < -0.3 is 9.47 Å². The summed E-state index contributed by atoms with van der Waals surface area (Å²) in [6.45, 7) is 0. The summed E-state index contributed by atoms with van der Waals surface area (Å²) in [6, 6.07) is 5.64. The van der Waals surface area contributed by atoms with Gasteiger partial charge in [-0.05, 0) is 34.7 Å². The predicted octanol–water partition coefficient (Wildman–Crippen LogP) is 2.83. The third-order valence-corrected chi connectivity index (χ3v) is 3.65. The lowest BCUT2D eigenvalue weighted by Crippen LogP contribution is -1.92. The Morgan fingerprint density at radius 1 is 1.12 bits per heavy atom. The lowest BCUT2D eigenvalue weighted by molar-refractivity contribution is 0.397. The Labute approximate surface area is 111 Å². The van der Waals surface area contributed by atoms with Crippen molar-refractivity contribution in [3.63, 3.8) is 0 Å². The van der Waals surface area contributed by atoms with Gasteiger partial charge in [0.25, 0.3) is 0 Å². The second kappa shape index (κ2) is 4.96. The van der Waals surface area contributed by atoms with Crippen LogP contribution in [-0.4, -0.2) is 24.4 Å². The highest BCUT2D eigenvalue weighted by Gasteiger charge is 2.16. The van der Waals surface area contributed by atoms with Gasteiger partial charge in [-0.25, -0.2) is 0 Å². The molecule has 6 heteroatoms. The van der Waals surface area contributed by atoms with E-state index in [-0.39, 0.29) is 0 Å². The van der Waals surface area contributed by atoms with E-state index in [0.29, 0.717) is 0 Å². The molecule has 2 aromatic rings. The molecule has 0 bridgehead atoms. The van der Waals surface area contributed by atoms with Gasteiger partial charge in [-0.3, -0.25) is 0 Å². The van der Waals surface area contributed by atoms with E-state index in [1.54, 1.807) is 14.2 Å². The molecule has 1 aromatic heterocycles. The molecule has 0 unspecified atom stereocenters. The molecule has 84 valence electrons. The van der Waals surface area contributed by atoms with E-state index in [1.165, 1.54) is 11.3 Å². The Morgan fingerprint density at radius 3 is 2.19 bits per heavy atom. The number of ether oxygens (including phenoxy) is 2. The predicted molar refractivity (Wildman–Crippen MR) is 71.2 cm³/mol. The van der Waals surface area contributed by atoms with E-state index in [1.807, 2.05) is 18.2 Å². The quantitative estimate of drug-likeness (QED) is 0.801. The van der Waals surface area contributed by atoms with Gasteiger partial charge in [-0.15, -0.1) is 10.2 Å². The van der Waals surface area contributed by atoms with Gasteiger partial charge in [-0.2, -0.15) is 0 Å². The van der Waals surface area contributed by atoms with Crippen LogP contribution in [-0.2, 0) is 0 Å². The minimum atomic E-state index is 0.742. The summed E-state index contributed by atoms with van der Waals surface area (Å²) in [5, 5.41) is 8.90. The van der Waals surface area contributed by atoms with E-state index in [4.69, 9.17) is 9.47 Å². The number of nitrogens with zero attached hydrogens (tertiary/aromatic N) is 2. The van der Waals surface area contributed by atoms with E-state index in [2.05, 4.69) is 32.8 Å². The van der Waals surface area contributed by atoms with Crippen LogP contribution in [0.2, 0.25) is 0 Å². The minimum Gasteiger partial charge on any atom is -0.496 e. The summed E-state index contributed by atoms with van der Waals surface area (Å²) >= 11 is 3.64. The first-order valence-electron chi connectivity index (χ1n) is 4.46. The first-order valence-corrected chi connectivity index (χ1v) is 6.36. The van der Waals surface area contributed by atoms with E-state index in [0.717, 1.165) is 25.1 Å². The van der Waals surface area contributed by atoms with Crippen LogP contribution in [0, 0.1) is 3.01 Å². The standard InChI is InChI=1S/C10H9IN2O2S/c1-14-6-4-3-5-7(15-2)8(6)9-12-13-10(11)16-9/h3-5H,1-2H3. The number of hydrogen-bond acceptors (Lipinski definition) is 5. The van der Waals surface area contributed by atoms with Gasteiger partial charge in [0.1, 0.15) is 11.5 Å². The molecule has 1 aromatic carbocycles. The maximum absolute atomic E-state index is 5.31. The van der Waals surface area contributed by atoms with Crippen molar-refractivity contribution >= 4 is 33.9 Å². The normalized spacial score (nSPS) is 10.2. The zero-order valence-electron chi connectivity index (χ0n) is 8.73. The van der Waals surface area contributed by atoms with Crippen molar-refractivity contribution < 1.29 is 9.47 Å². The highest BCUT2D eigenvalue weighted by molar-refractivity contribution is 14.1. The van der Waals surface area contributed by atoms with Crippen molar-refractivity contribution in [3.05, 3.63) is 21.2 Å². The molecule has 4 nitrogen and oxygen atoms in total. The fourth-order valence-electron chi connectivity index (χ4n) is 1.37. The van der Waals surface area contributed by atoms with Crippen molar-refractivity contribution in [2.75, 3.05) is 14.2 Å². The third-order valence-electron chi connectivity index (χ3n) is 2.04. The largest absolute Gasteiger partial charge is 0.496 e. The maximum Gasteiger partial charge on any atom is 0.178 e. The Bertz CT molecular complexity index is 479. The first-order chi connectivity index (χ1) is 7.76. The van der Waals surface area contributed by atoms with Gasteiger partial charge >= 0.3 is 0 Å². The molecule has 0 saturated heterocycles. The fourth-order valence-corrected chi connectivity index (χ4v) is 2.73. The molecular formula is C10H9IN2O2S.